The molecule has 1 aliphatic heterocycles. The van der Waals surface area contributed by atoms with Crippen LogP contribution in [0.25, 0.3) is 10.9 Å². The average molecular weight is 309 g/mol. The molecule has 1 amide bonds. The standard InChI is InChI=1S/C18H13ClN2O/c1-11-14-4-2-3-5-15(14)20-16-10-21(18(22)17(11)16)13-8-6-12(19)7-9-13/h2-9H,10H2,1H3. The summed E-state index contributed by atoms with van der Waals surface area (Å²) in [6.45, 7) is 2.49. The summed E-state index contributed by atoms with van der Waals surface area (Å²) in [5, 5.41) is 1.69. The van der Waals surface area contributed by atoms with Gasteiger partial charge in [-0.15, -0.1) is 0 Å². The highest BCUT2D eigenvalue weighted by Crippen LogP contribution is 2.32. The number of hydrogen-bond acceptors (Lipinski definition) is 2. The molecule has 4 heteroatoms. The lowest BCUT2D eigenvalue weighted by atomic mass is 10.0. The van der Waals surface area contributed by atoms with Crippen molar-refractivity contribution in [1.82, 2.24) is 4.98 Å². The fourth-order valence-electron chi connectivity index (χ4n) is 3.02. The maximum atomic E-state index is 12.8. The predicted octanol–water partition coefficient (Wildman–Crippen LogP) is 4.36. The fourth-order valence-corrected chi connectivity index (χ4v) is 3.15. The molecular weight excluding hydrogens is 296 g/mol. The van der Waals surface area contributed by atoms with Gasteiger partial charge < -0.3 is 4.90 Å². The van der Waals surface area contributed by atoms with Gasteiger partial charge in [0.2, 0.25) is 0 Å². The van der Waals surface area contributed by atoms with E-state index >= 15 is 0 Å². The lowest BCUT2D eigenvalue weighted by molar-refractivity contribution is 0.0996. The van der Waals surface area contributed by atoms with Crippen molar-refractivity contribution in [3.05, 3.63) is 70.4 Å². The van der Waals surface area contributed by atoms with Crippen LogP contribution in [-0.4, -0.2) is 10.9 Å². The van der Waals surface area contributed by atoms with Gasteiger partial charge in [0.15, 0.2) is 0 Å². The first-order valence-electron chi connectivity index (χ1n) is 7.11. The van der Waals surface area contributed by atoms with Crippen molar-refractivity contribution in [2.75, 3.05) is 4.90 Å². The van der Waals surface area contributed by atoms with Crippen LogP contribution in [0, 0.1) is 6.92 Å². The number of benzene rings is 2. The third-order valence-corrected chi connectivity index (χ3v) is 4.38. The van der Waals surface area contributed by atoms with Gasteiger partial charge in [0, 0.05) is 16.1 Å². The van der Waals surface area contributed by atoms with Crippen molar-refractivity contribution in [3.63, 3.8) is 0 Å². The summed E-state index contributed by atoms with van der Waals surface area (Å²) in [6.07, 6.45) is 0. The first-order chi connectivity index (χ1) is 10.6. The quantitative estimate of drug-likeness (QED) is 0.669. The highest BCUT2D eigenvalue weighted by atomic mass is 35.5. The van der Waals surface area contributed by atoms with Crippen LogP contribution in [0.3, 0.4) is 0 Å². The Kier molecular flexibility index (Phi) is 2.91. The second kappa shape index (κ2) is 4.82. The van der Waals surface area contributed by atoms with Crippen molar-refractivity contribution in [3.8, 4) is 0 Å². The Balaban J connectivity index is 1.86. The molecule has 3 aromatic rings. The average Bonchev–Trinajstić information content (AvgIpc) is 2.85. The molecule has 0 aliphatic carbocycles. The van der Waals surface area contributed by atoms with Gasteiger partial charge in [-0.25, -0.2) is 0 Å². The molecule has 108 valence electrons. The predicted molar refractivity (Wildman–Crippen MR) is 88.4 cm³/mol. The molecule has 0 saturated carbocycles. The molecule has 0 spiro atoms. The maximum Gasteiger partial charge on any atom is 0.260 e. The fraction of sp³-hybridized carbons (Fsp3) is 0.111. The van der Waals surface area contributed by atoms with Gasteiger partial charge in [-0.3, -0.25) is 9.78 Å². The number of fused-ring (bicyclic) bond motifs is 2. The van der Waals surface area contributed by atoms with Gasteiger partial charge in [0.1, 0.15) is 0 Å². The summed E-state index contributed by atoms with van der Waals surface area (Å²) in [7, 11) is 0. The molecule has 2 heterocycles. The maximum absolute atomic E-state index is 12.8. The highest BCUT2D eigenvalue weighted by molar-refractivity contribution is 6.30. The number of aromatic nitrogens is 1. The van der Waals surface area contributed by atoms with Gasteiger partial charge in [-0.2, -0.15) is 0 Å². The molecule has 1 aromatic heterocycles. The van der Waals surface area contributed by atoms with Crippen LogP contribution in [0.2, 0.25) is 5.02 Å². The van der Waals surface area contributed by atoms with Crippen LogP contribution in [0.4, 0.5) is 5.69 Å². The summed E-state index contributed by atoms with van der Waals surface area (Å²) >= 11 is 5.92. The number of amides is 1. The second-order valence-electron chi connectivity index (χ2n) is 5.44. The third kappa shape index (κ3) is 1.90. The van der Waals surface area contributed by atoms with Crippen LogP contribution in [0.15, 0.2) is 48.5 Å². The molecule has 1 aliphatic rings. The minimum atomic E-state index is 0.00748. The molecule has 22 heavy (non-hydrogen) atoms. The molecule has 4 rings (SSSR count). The number of rotatable bonds is 1. The number of nitrogens with zero attached hydrogens (tertiary/aromatic N) is 2. The summed E-state index contributed by atoms with van der Waals surface area (Å²) in [5.41, 5.74) is 4.35. The molecule has 0 radical (unpaired) electrons. The molecule has 0 saturated heterocycles. The van der Waals surface area contributed by atoms with Crippen molar-refractivity contribution in [2.24, 2.45) is 0 Å². The van der Waals surface area contributed by atoms with E-state index in [0.29, 0.717) is 11.6 Å². The monoisotopic (exact) mass is 308 g/mol. The van der Waals surface area contributed by atoms with Crippen LogP contribution in [-0.2, 0) is 6.54 Å². The third-order valence-electron chi connectivity index (χ3n) is 4.13. The molecular formula is C18H13ClN2O. The van der Waals surface area contributed by atoms with Crippen molar-refractivity contribution < 1.29 is 4.79 Å². The number of carbonyl (C=O) groups excluding carboxylic acids is 1. The molecule has 0 atom stereocenters. The smallest absolute Gasteiger partial charge is 0.260 e. The van der Waals surface area contributed by atoms with E-state index in [2.05, 4.69) is 4.98 Å². The first-order valence-corrected chi connectivity index (χ1v) is 7.48. The molecule has 0 bridgehead atoms. The van der Waals surface area contributed by atoms with Crippen molar-refractivity contribution in [2.45, 2.75) is 13.5 Å². The Bertz CT molecular complexity index is 903. The van der Waals surface area contributed by atoms with E-state index in [9.17, 15) is 4.79 Å². The summed E-state index contributed by atoms with van der Waals surface area (Å²) in [4.78, 5) is 19.2. The van der Waals surface area contributed by atoms with Crippen molar-refractivity contribution in [1.29, 1.82) is 0 Å². The Morgan fingerprint density at radius 1 is 1.09 bits per heavy atom. The van der Waals surface area contributed by atoms with Crippen molar-refractivity contribution >= 4 is 34.1 Å². The zero-order valence-corrected chi connectivity index (χ0v) is 12.8. The molecule has 0 unspecified atom stereocenters. The Morgan fingerprint density at radius 3 is 2.59 bits per heavy atom. The number of aryl methyl sites for hydroxylation is 1. The van der Waals surface area contributed by atoms with E-state index in [1.807, 2.05) is 43.3 Å². The molecule has 0 N–H and O–H groups in total. The molecule has 2 aromatic carbocycles. The minimum absolute atomic E-state index is 0.00748. The van der Waals surface area contributed by atoms with E-state index in [4.69, 9.17) is 11.6 Å². The van der Waals surface area contributed by atoms with Crippen LogP contribution in [0.5, 0.6) is 0 Å². The normalized spacial score (nSPS) is 13.7. The Morgan fingerprint density at radius 2 is 1.82 bits per heavy atom. The number of halogens is 1. The van der Waals surface area contributed by atoms with E-state index in [0.717, 1.165) is 33.4 Å². The second-order valence-corrected chi connectivity index (χ2v) is 5.88. The number of hydrogen-bond donors (Lipinski definition) is 0. The van der Waals surface area contributed by atoms with Gasteiger partial charge in [0.05, 0.1) is 23.3 Å². The zero-order chi connectivity index (χ0) is 15.3. The number of pyridine rings is 1. The molecule has 3 nitrogen and oxygen atoms in total. The number of carbonyl (C=O) groups is 1. The largest absolute Gasteiger partial charge is 0.302 e. The van der Waals surface area contributed by atoms with Crippen LogP contribution in [0.1, 0.15) is 21.6 Å². The zero-order valence-electron chi connectivity index (χ0n) is 12.0. The SMILES string of the molecule is Cc1c2c(nc3ccccc13)CN(c1ccc(Cl)cc1)C2=O. The van der Waals surface area contributed by atoms with E-state index in [1.54, 1.807) is 17.0 Å². The minimum Gasteiger partial charge on any atom is -0.302 e. The lowest BCUT2D eigenvalue weighted by Crippen LogP contribution is -2.23. The number of anilines is 1. The Hall–Kier alpha value is -2.39. The van der Waals surface area contributed by atoms with Gasteiger partial charge in [0.25, 0.3) is 5.91 Å². The van der Waals surface area contributed by atoms with E-state index in [-0.39, 0.29) is 5.91 Å². The van der Waals surface area contributed by atoms with Crippen LogP contribution >= 0.6 is 11.6 Å². The summed E-state index contributed by atoms with van der Waals surface area (Å²) in [6, 6.07) is 15.2. The van der Waals surface area contributed by atoms with Gasteiger partial charge in [-0.1, -0.05) is 29.8 Å². The molecule has 0 fully saturated rings. The summed E-state index contributed by atoms with van der Waals surface area (Å²) in [5.74, 6) is 0.00748. The first kappa shape index (κ1) is 13.3. The highest BCUT2D eigenvalue weighted by Gasteiger charge is 2.32. The van der Waals surface area contributed by atoms with Gasteiger partial charge in [-0.05, 0) is 42.8 Å². The number of para-hydroxylation sites is 1. The van der Waals surface area contributed by atoms with Gasteiger partial charge >= 0.3 is 0 Å². The van der Waals surface area contributed by atoms with E-state index in [1.165, 1.54) is 0 Å². The van der Waals surface area contributed by atoms with Crippen LogP contribution < -0.4 is 4.90 Å². The lowest BCUT2D eigenvalue weighted by Gasteiger charge is -2.15. The van der Waals surface area contributed by atoms with E-state index < -0.39 is 0 Å². The summed E-state index contributed by atoms with van der Waals surface area (Å²) < 4.78 is 0. The Labute approximate surface area is 133 Å². The topological polar surface area (TPSA) is 33.2 Å².